The molecule has 0 fully saturated rings. The van der Waals surface area contributed by atoms with Gasteiger partial charge in [-0.25, -0.2) is 4.98 Å². The highest BCUT2D eigenvalue weighted by Gasteiger charge is 2.05. The summed E-state index contributed by atoms with van der Waals surface area (Å²) in [6.45, 7) is 0. The molecule has 1 N–H and O–H groups in total. The molecule has 0 aliphatic rings. The van der Waals surface area contributed by atoms with Crippen molar-refractivity contribution in [1.29, 1.82) is 0 Å². The Morgan fingerprint density at radius 3 is 2.44 bits per heavy atom. The molecule has 0 amide bonds. The molecule has 0 saturated heterocycles. The van der Waals surface area contributed by atoms with Crippen LogP contribution in [0.15, 0.2) is 82.5 Å². The van der Waals surface area contributed by atoms with Crippen molar-refractivity contribution < 1.29 is 0 Å². The number of aromatic nitrogens is 3. The number of hydrogen-bond donors (Lipinski definition) is 1. The second-order valence-electron chi connectivity index (χ2n) is 5.78. The third kappa shape index (κ3) is 2.99. The van der Waals surface area contributed by atoms with Gasteiger partial charge in [0, 0.05) is 24.4 Å². The summed E-state index contributed by atoms with van der Waals surface area (Å²) in [7, 11) is 0. The van der Waals surface area contributed by atoms with Gasteiger partial charge >= 0.3 is 0 Å². The van der Waals surface area contributed by atoms with E-state index >= 15 is 0 Å². The van der Waals surface area contributed by atoms with Gasteiger partial charge in [-0.15, -0.1) is 0 Å². The summed E-state index contributed by atoms with van der Waals surface area (Å²) < 4.78 is 1.58. The lowest BCUT2D eigenvalue weighted by atomic mass is 10.1. The van der Waals surface area contributed by atoms with Crippen LogP contribution in [0.1, 0.15) is 11.4 Å². The molecule has 0 aliphatic heterocycles. The maximum absolute atomic E-state index is 12.1. The minimum atomic E-state index is -0.131. The second-order valence-corrected chi connectivity index (χ2v) is 5.78. The van der Waals surface area contributed by atoms with Gasteiger partial charge in [0.05, 0.1) is 10.9 Å². The Kier molecular flexibility index (Phi) is 3.74. The molecular formula is C20H15N3O2. The minimum Gasteiger partial charge on any atom is -0.310 e. The molecule has 0 unspecified atom stereocenters. The van der Waals surface area contributed by atoms with E-state index in [1.807, 2.05) is 48.5 Å². The summed E-state index contributed by atoms with van der Waals surface area (Å²) in [5.74, 6) is 0.619. The normalized spacial score (nSPS) is 10.9. The first kappa shape index (κ1) is 15.1. The van der Waals surface area contributed by atoms with Gasteiger partial charge in [0.25, 0.3) is 11.1 Å². The van der Waals surface area contributed by atoms with Crippen molar-refractivity contribution in [3.05, 3.63) is 105 Å². The third-order valence-corrected chi connectivity index (χ3v) is 4.07. The first-order chi connectivity index (χ1) is 12.2. The number of para-hydroxylation sites is 1. The predicted octanol–water partition coefficient (Wildman–Crippen LogP) is 2.66. The standard InChI is InChI=1S/C20H15N3O2/c24-19-7-3-4-12-23(19)15-10-8-14(9-11-15)13-18-21-17-6-2-1-5-16(17)20(25)22-18/h1-12H,13H2,(H,21,22,25). The van der Waals surface area contributed by atoms with Crippen LogP contribution in [0.3, 0.4) is 0 Å². The van der Waals surface area contributed by atoms with Crippen molar-refractivity contribution in [3.8, 4) is 5.69 Å². The van der Waals surface area contributed by atoms with Crippen LogP contribution in [0.5, 0.6) is 0 Å². The van der Waals surface area contributed by atoms with Crippen molar-refractivity contribution in [3.63, 3.8) is 0 Å². The van der Waals surface area contributed by atoms with E-state index < -0.39 is 0 Å². The molecule has 0 radical (unpaired) electrons. The number of aromatic amines is 1. The fourth-order valence-corrected chi connectivity index (χ4v) is 2.83. The highest BCUT2D eigenvalue weighted by molar-refractivity contribution is 5.77. The topological polar surface area (TPSA) is 67.8 Å². The Balaban J connectivity index is 1.65. The van der Waals surface area contributed by atoms with Crippen molar-refractivity contribution in [2.45, 2.75) is 6.42 Å². The molecule has 0 spiro atoms. The zero-order chi connectivity index (χ0) is 17.2. The van der Waals surface area contributed by atoms with Crippen molar-refractivity contribution in [2.75, 3.05) is 0 Å². The van der Waals surface area contributed by atoms with Crippen LogP contribution in [-0.4, -0.2) is 14.5 Å². The van der Waals surface area contributed by atoms with Crippen molar-refractivity contribution in [2.24, 2.45) is 0 Å². The Bertz CT molecular complexity index is 1160. The molecule has 2 aromatic carbocycles. The van der Waals surface area contributed by atoms with Gasteiger partial charge in [-0.05, 0) is 35.9 Å². The van der Waals surface area contributed by atoms with Crippen LogP contribution >= 0.6 is 0 Å². The Hall–Kier alpha value is -3.47. The van der Waals surface area contributed by atoms with E-state index in [4.69, 9.17) is 0 Å². The number of fused-ring (bicyclic) bond motifs is 1. The van der Waals surface area contributed by atoms with Crippen LogP contribution < -0.4 is 11.1 Å². The lowest BCUT2D eigenvalue weighted by molar-refractivity contribution is 0.963. The second kappa shape index (κ2) is 6.20. The Morgan fingerprint density at radius 1 is 0.880 bits per heavy atom. The quantitative estimate of drug-likeness (QED) is 0.628. The van der Waals surface area contributed by atoms with E-state index in [1.165, 1.54) is 6.07 Å². The van der Waals surface area contributed by atoms with Gasteiger partial charge in [-0.2, -0.15) is 0 Å². The molecule has 4 aromatic rings. The maximum atomic E-state index is 12.1. The molecule has 4 rings (SSSR count). The number of nitrogens with one attached hydrogen (secondary N) is 1. The van der Waals surface area contributed by atoms with Crippen LogP contribution in [-0.2, 0) is 6.42 Å². The summed E-state index contributed by atoms with van der Waals surface area (Å²) in [6.07, 6.45) is 2.25. The zero-order valence-corrected chi connectivity index (χ0v) is 13.3. The van der Waals surface area contributed by atoms with Gasteiger partial charge in [-0.1, -0.05) is 30.3 Å². The lowest BCUT2D eigenvalue weighted by Crippen LogP contribution is -2.15. The summed E-state index contributed by atoms with van der Waals surface area (Å²) >= 11 is 0. The summed E-state index contributed by atoms with van der Waals surface area (Å²) in [4.78, 5) is 31.4. The first-order valence-electron chi connectivity index (χ1n) is 7.96. The molecule has 5 nitrogen and oxygen atoms in total. The number of nitrogens with zero attached hydrogens (tertiary/aromatic N) is 2. The lowest BCUT2D eigenvalue weighted by Gasteiger charge is -2.07. The molecule has 5 heteroatoms. The molecule has 0 aliphatic carbocycles. The third-order valence-electron chi connectivity index (χ3n) is 4.07. The van der Waals surface area contributed by atoms with Crippen LogP contribution in [0.25, 0.3) is 16.6 Å². The van der Waals surface area contributed by atoms with Crippen molar-refractivity contribution >= 4 is 10.9 Å². The van der Waals surface area contributed by atoms with Gasteiger partial charge in [0.1, 0.15) is 5.82 Å². The molecular weight excluding hydrogens is 314 g/mol. The van der Waals surface area contributed by atoms with Gasteiger partial charge in [-0.3, -0.25) is 14.2 Å². The summed E-state index contributed by atoms with van der Waals surface area (Å²) in [5, 5.41) is 0.588. The van der Waals surface area contributed by atoms with Crippen LogP contribution in [0.2, 0.25) is 0 Å². The average Bonchev–Trinajstić information content (AvgIpc) is 2.63. The fraction of sp³-hybridized carbons (Fsp3) is 0.0500. The average molecular weight is 329 g/mol. The number of hydrogen-bond acceptors (Lipinski definition) is 3. The zero-order valence-electron chi connectivity index (χ0n) is 13.3. The Morgan fingerprint density at radius 2 is 1.64 bits per heavy atom. The highest BCUT2D eigenvalue weighted by Crippen LogP contribution is 2.12. The number of H-pyrrole nitrogens is 1. The molecule has 25 heavy (non-hydrogen) atoms. The van der Waals surface area contributed by atoms with E-state index in [0.29, 0.717) is 23.1 Å². The smallest absolute Gasteiger partial charge is 0.258 e. The summed E-state index contributed by atoms with van der Waals surface area (Å²) in [5.41, 5.74) is 2.29. The monoisotopic (exact) mass is 329 g/mol. The van der Waals surface area contributed by atoms with E-state index in [-0.39, 0.29) is 11.1 Å². The van der Waals surface area contributed by atoms with Crippen molar-refractivity contribution in [1.82, 2.24) is 14.5 Å². The van der Waals surface area contributed by atoms with E-state index in [2.05, 4.69) is 9.97 Å². The minimum absolute atomic E-state index is 0.0734. The number of rotatable bonds is 3. The molecule has 122 valence electrons. The van der Waals surface area contributed by atoms with E-state index in [0.717, 1.165) is 11.3 Å². The van der Waals surface area contributed by atoms with Gasteiger partial charge in [0.15, 0.2) is 0 Å². The van der Waals surface area contributed by atoms with Crippen LogP contribution in [0, 0.1) is 0 Å². The molecule has 0 bridgehead atoms. The first-order valence-corrected chi connectivity index (χ1v) is 7.96. The SMILES string of the molecule is O=c1[nH]c(Cc2ccc(-n3ccccc3=O)cc2)nc2ccccc12. The van der Waals surface area contributed by atoms with Gasteiger partial charge < -0.3 is 4.98 Å². The highest BCUT2D eigenvalue weighted by atomic mass is 16.1. The largest absolute Gasteiger partial charge is 0.310 e. The predicted molar refractivity (Wildman–Crippen MR) is 97.2 cm³/mol. The Labute approximate surface area is 143 Å². The summed E-state index contributed by atoms with van der Waals surface area (Å²) in [6, 6.07) is 20.0. The van der Waals surface area contributed by atoms with Crippen LogP contribution in [0.4, 0.5) is 0 Å². The number of benzene rings is 2. The number of pyridine rings is 1. The molecule has 2 heterocycles. The molecule has 0 saturated carbocycles. The molecule has 0 atom stereocenters. The van der Waals surface area contributed by atoms with E-state index in [1.54, 1.807) is 22.9 Å². The molecule has 2 aromatic heterocycles. The van der Waals surface area contributed by atoms with Gasteiger partial charge in [0.2, 0.25) is 0 Å². The maximum Gasteiger partial charge on any atom is 0.258 e. The fourth-order valence-electron chi connectivity index (χ4n) is 2.83. The van der Waals surface area contributed by atoms with E-state index in [9.17, 15) is 9.59 Å².